The van der Waals surface area contributed by atoms with E-state index in [1.807, 2.05) is 6.08 Å². The molecule has 4 rings (SSSR count). The molecule has 0 aliphatic heterocycles. The van der Waals surface area contributed by atoms with Gasteiger partial charge in [0.05, 0.1) is 6.10 Å². The number of aliphatic hydroxyl groups excluding tert-OH is 1. The van der Waals surface area contributed by atoms with Gasteiger partial charge in [0.1, 0.15) is 5.78 Å². The normalized spacial score (nSPS) is 50.6. The maximum absolute atomic E-state index is 12.2. The number of hydrogen-bond acceptors (Lipinski definition) is 3. The molecule has 1 N–H and O–H groups in total. The van der Waals surface area contributed by atoms with Crippen LogP contribution < -0.4 is 0 Å². The van der Waals surface area contributed by atoms with E-state index in [1.165, 1.54) is 5.57 Å². The molecule has 0 amide bonds. The summed E-state index contributed by atoms with van der Waals surface area (Å²) in [5.41, 5.74) is 1.23. The minimum absolute atomic E-state index is 0.0219. The number of Topliss-reactive ketones (excluding diaryl/α,β-unsaturated/α-hetero) is 1. The monoisotopic (exact) mass is 330 g/mol. The minimum Gasteiger partial charge on any atom is -0.393 e. The summed E-state index contributed by atoms with van der Waals surface area (Å²) in [6.07, 6.45) is 7.97. The Bertz CT molecular complexity index is 621. The second-order valence-corrected chi connectivity index (χ2v) is 9.41. The van der Waals surface area contributed by atoms with Gasteiger partial charge in [0.2, 0.25) is 0 Å². The highest BCUT2D eigenvalue weighted by Crippen LogP contribution is 2.66. The average molecular weight is 330 g/mol. The second kappa shape index (κ2) is 5.27. The molecule has 0 aromatic rings. The predicted molar refractivity (Wildman–Crippen MR) is 92.3 cm³/mol. The molecule has 0 bridgehead atoms. The van der Waals surface area contributed by atoms with Gasteiger partial charge in [-0.3, -0.25) is 9.59 Å². The van der Waals surface area contributed by atoms with Gasteiger partial charge in [0.25, 0.3) is 0 Å². The molecule has 24 heavy (non-hydrogen) atoms. The van der Waals surface area contributed by atoms with Crippen molar-refractivity contribution >= 4 is 11.6 Å². The van der Waals surface area contributed by atoms with Crippen molar-refractivity contribution < 1.29 is 14.7 Å². The topological polar surface area (TPSA) is 54.4 Å². The van der Waals surface area contributed by atoms with Crippen molar-refractivity contribution in [2.45, 2.75) is 71.8 Å². The predicted octanol–water partition coefficient (Wildman–Crippen LogP) is 3.69. The van der Waals surface area contributed by atoms with Crippen LogP contribution in [0.4, 0.5) is 0 Å². The van der Waals surface area contributed by atoms with Gasteiger partial charge in [0.15, 0.2) is 5.78 Å². The van der Waals surface area contributed by atoms with E-state index in [4.69, 9.17) is 0 Å². The van der Waals surface area contributed by atoms with Crippen molar-refractivity contribution in [3.8, 4) is 0 Å². The van der Waals surface area contributed by atoms with Crippen molar-refractivity contribution in [2.75, 3.05) is 0 Å². The van der Waals surface area contributed by atoms with Crippen molar-refractivity contribution in [3.63, 3.8) is 0 Å². The van der Waals surface area contributed by atoms with E-state index in [1.54, 1.807) is 6.92 Å². The Morgan fingerprint density at radius 2 is 1.96 bits per heavy atom. The van der Waals surface area contributed by atoms with E-state index in [0.717, 1.165) is 38.5 Å². The first-order valence-corrected chi connectivity index (χ1v) is 9.70. The lowest BCUT2D eigenvalue weighted by Gasteiger charge is -2.59. The number of carbonyl (C=O) groups excluding carboxylic acids is 2. The van der Waals surface area contributed by atoms with E-state index in [0.29, 0.717) is 24.0 Å². The molecule has 4 aliphatic carbocycles. The molecule has 3 heteroatoms. The van der Waals surface area contributed by atoms with Crippen LogP contribution in [-0.4, -0.2) is 22.8 Å². The van der Waals surface area contributed by atoms with Crippen LogP contribution in [-0.2, 0) is 9.59 Å². The molecule has 0 unspecified atom stereocenters. The highest BCUT2D eigenvalue weighted by Gasteiger charge is 2.62. The van der Waals surface area contributed by atoms with Crippen molar-refractivity contribution in [1.29, 1.82) is 0 Å². The zero-order valence-corrected chi connectivity index (χ0v) is 15.2. The standard InChI is InChI=1S/C21H30O3/c1-12(22)16-6-7-17-15-5-4-13-10-14(23)8-9-20(13,2)19(15)18(24)11-21(16,17)3/h10,15-19,24H,4-9,11H2,1-3H3/t15-,16-,17-,18+,19-,20+,21-/m1/s1. The molecule has 0 aromatic heterocycles. The Kier molecular flexibility index (Phi) is 3.62. The summed E-state index contributed by atoms with van der Waals surface area (Å²) in [4.78, 5) is 24.0. The smallest absolute Gasteiger partial charge is 0.155 e. The van der Waals surface area contributed by atoms with Gasteiger partial charge >= 0.3 is 0 Å². The number of allylic oxidation sites excluding steroid dienone is 1. The molecule has 4 aliphatic rings. The van der Waals surface area contributed by atoms with Crippen molar-refractivity contribution in [3.05, 3.63) is 11.6 Å². The molecule has 132 valence electrons. The van der Waals surface area contributed by atoms with Crippen LogP contribution in [0.15, 0.2) is 11.6 Å². The Labute approximate surface area is 144 Å². The van der Waals surface area contributed by atoms with Gasteiger partial charge in [-0.05, 0) is 80.1 Å². The van der Waals surface area contributed by atoms with Gasteiger partial charge < -0.3 is 5.11 Å². The Hall–Kier alpha value is -0.960. The van der Waals surface area contributed by atoms with Gasteiger partial charge in [-0.1, -0.05) is 19.4 Å². The fraction of sp³-hybridized carbons (Fsp3) is 0.810. The van der Waals surface area contributed by atoms with Crippen LogP contribution in [0, 0.1) is 34.5 Å². The maximum Gasteiger partial charge on any atom is 0.155 e. The molecule has 0 saturated heterocycles. The van der Waals surface area contributed by atoms with Crippen LogP contribution in [0.25, 0.3) is 0 Å². The number of ketones is 2. The fourth-order valence-electron chi connectivity index (χ4n) is 7.35. The first-order chi connectivity index (χ1) is 11.3. The molecular formula is C21H30O3. The molecule has 3 fully saturated rings. The number of carbonyl (C=O) groups is 2. The lowest BCUT2D eigenvalue weighted by atomic mass is 9.46. The number of hydrogen-bond donors (Lipinski definition) is 1. The summed E-state index contributed by atoms with van der Waals surface area (Å²) in [6, 6.07) is 0. The lowest BCUT2D eigenvalue weighted by Crippen LogP contribution is -2.56. The van der Waals surface area contributed by atoms with Crippen LogP contribution in [0.2, 0.25) is 0 Å². The molecule has 7 atom stereocenters. The maximum atomic E-state index is 12.2. The van der Waals surface area contributed by atoms with Gasteiger partial charge in [-0.15, -0.1) is 0 Å². The van der Waals surface area contributed by atoms with Crippen LogP contribution >= 0.6 is 0 Å². The van der Waals surface area contributed by atoms with E-state index in [-0.39, 0.29) is 34.6 Å². The van der Waals surface area contributed by atoms with Gasteiger partial charge in [0, 0.05) is 12.3 Å². The van der Waals surface area contributed by atoms with E-state index < -0.39 is 0 Å². The first kappa shape index (κ1) is 16.5. The largest absolute Gasteiger partial charge is 0.393 e. The number of fused-ring (bicyclic) bond motifs is 5. The number of rotatable bonds is 1. The summed E-state index contributed by atoms with van der Waals surface area (Å²) < 4.78 is 0. The fourth-order valence-corrected chi connectivity index (χ4v) is 7.35. The van der Waals surface area contributed by atoms with Crippen LogP contribution in [0.1, 0.15) is 65.7 Å². The van der Waals surface area contributed by atoms with Gasteiger partial charge in [-0.2, -0.15) is 0 Å². The first-order valence-electron chi connectivity index (χ1n) is 9.70. The summed E-state index contributed by atoms with van der Waals surface area (Å²) in [6.45, 7) is 6.27. The van der Waals surface area contributed by atoms with E-state index >= 15 is 0 Å². The third kappa shape index (κ3) is 2.06. The Morgan fingerprint density at radius 1 is 1.21 bits per heavy atom. The molecule has 0 radical (unpaired) electrons. The molecular weight excluding hydrogens is 300 g/mol. The van der Waals surface area contributed by atoms with E-state index in [2.05, 4.69) is 13.8 Å². The van der Waals surface area contributed by atoms with Crippen molar-refractivity contribution in [1.82, 2.24) is 0 Å². The third-order valence-corrected chi connectivity index (χ3v) is 8.38. The Morgan fingerprint density at radius 3 is 2.67 bits per heavy atom. The quantitative estimate of drug-likeness (QED) is 0.797. The SMILES string of the molecule is CC(=O)[C@H]1CC[C@@H]2[C@H]3CCC4=CC(=O)CC[C@]4(C)[C@H]3[C@@H](O)C[C@]12C. The summed E-state index contributed by atoms with van der Waals surface area (Å²) >= 11 is 0. The molecule has 0 heterocycles. The molecule has 0 spiro atoms. The van der Waals surface area contributed by atoms with Crippen molar-refractivity contribution in [2.24, 2.45) is 34.5 Å². The molecule has 3 nitrogen and oxygen atoms in total. The lowest BCUT2D eigenvalue weighted by molar-refractivity contribution is -0.143. The zero-order chi connectivity index (χ0) is 17.3. The minimum atomic E-state index is -0.349. The summed E-state index contributed by atoms with van der Waals surface area (Å²) in [5.74, 6) is 1.99. The highest BCUT2D eigenvalue weighted by molar-refractivity contribution is 5.91. The third-order valence-electron chi connectivity index (χ3n) is 8.38. The zero-order valence-electron chi connectivity index (χ0n) is 15.2. The molecule has 3 saturated carbocycles. The highest BCUT2D eigenvalue weighted by atomic mass is 16.3. The van der Waals surface area contributed by atoms with Crippen LogP contribution in [0.5, 0.6) is 0 Å². The summed E-state index contributed by atoms with van der Waals surface area (Å²) in [5, 5.41) is 11.2. The summed E-state index contributed by atoms with van der Waals surface area (Å²) in [7, 11) is 0. The average Bonchev–Trinajstić information content (AvgIpc) is 2.84. The number of aliphatic hydroxyl groups is 1. The Balaban J connectivity index is 1.72. The van der Waals surface area contributed by atoms with Gasteiger partial charge in [-0.25, -0.2) is 0 Å². The van der Waals surface area contributed by atoms with E-state index in [9.17, 15) is 14.7 Å². The van der Waals surface area contributed by atoms with Crippen LogP contribution in [0.3, 0.4) is 0 Å². The molecule has 0 aromatic carbocycles. The second-order valence-electron chi connectivity index (χ2n) is 9.41.